The third-order valence-electron chi connectivity index (χ3n) is 2.69. The van der Waals surface area contributed by atoms with E-state index in [1.807, 2.05) is 35.7 Å². The van der Waals surface area contributed by atoms with Crippen molar-refractivity contribution < 1.29 is 14.3 Å². The molecule has 0 saturated heterocycles. The number of amides is 1. The summed E-state index contributed by atoms with van der Waals surface area (Å²) in [7, 11) is 1.65. The summed E-state index contributed by atoms with van der Waals surface area (Å²) < 4.78 is 10.8. The van der Waals surface area contributed by atoms with Gasteiger partial charge in [-0.3, -0.25) is 10.2 Å². The van der Waals surface area contributed by atoms with Gasteiger partial charge in [0.2, 0.25) is 0 Å². The second-order valence-corrected chi connectivity index (χ2v) is 5.03. The normalized spacial score (nSPS) is 10.3. The predicted molar refractivity (Wildman–Crippen MR) is 77.5 cm³/mol. The smallest absolute Gasteiger partial charge is 0.275 e. The van der Waals surface area contributed by atoms with E-state index in [0.29, 0.717) is 18.1 Å². The van der Waals surface area contributed by atoms with Crippen LogP contribution in [0.2, 0.25) is 0 Å². The third kappa shape index (κ3) is 3.57. The highest BCUT2D eigenvalue weighted by molar-refractivity contribution is 7.12. The van der Waals surface area contributed by atoms with Gasteiger partial charge in [0.1, 0.15) is 12.4 Å². The Morgan fingerprint density at radius 2 is 2.20 bits per heavy atom. The summed E-state index contributed by atoms with van der Waals surface area (Å²) >= 11 is 1.34. The van der Waals surface area contributed by atoms with Crippen molar-refractivity contribution in [3.8, 4) is 5.75 Å². The molecule has 0 bridgehead atoms. The minimum atomic E-state index is -0.299. The highest BCUT2D eigenvalue weighted by atomic mass is 32.1. The molecule has 0 saturated carbocycles. The number of benzene rings is 1. The first-order valence-electron chi connectivity index (χ1n) is 6.02. The van der Waals surface area contributed by atoms with Crippen LogP contribution in [0.5, 0.6) is 5.75 Å². The van der Waals surface area contributed by atoms with Gasteiger partial charge < -0.3 is 9.47 Å². The first-order chi connectivity index (χ1) is 9.74. The molecule has 1 heterocycles. The molecule has 106 valence electrons. The number of hydrogen-bond donors (Lipinski definition) is 2. The Bertz CT molecular complexity index is 583. The van der Waals surface area contributed by atoms with E-state index in [1.165, 1.54) is 11.3 Å². The number of ether oxygens (including phenoxy) is 2. The minimum Gasteiger partial charge on any atom is -0.489 e. The summed E-state index contributed by atoms with van der Waals surface area (Å²) in [5, 5.41) is 1.84. The Kier molecular flexibility index (Phi) is 5.11. The van der Waals surface area contributed by atoms with Crippen molar-refractivity contribution in [2.75, 3.05) is 7.11 Å². The third-order valence-corrected chi connectivity index (χ3v) is 3.64. The van der Waals surface area contributed by atoms with E-state index in [2.05, 4.69) is 5.43 Å². The Labute approximate surface area is 121 Å². The summed E-state index contributed by atoms with van der Waals surface area (Å²) in [6, 6.07) is 9.51. The number of rotatable bonds is 6. The van der Waals surface area contributed by atoms with Gasteiger partial charge in [-0.05, 0) is 29.1 Å². The summed E-state index contributed by atoms with van der Waals surface area (Å²) in [5.74, 6) is 5.59. The van der Waals surface area contributed by atoms with Crippen LogP contribution >= 0.6 is 11.3 Å². The van der Waals surface area contributed by atoms with Gasteiger partial charge in [0.15, 0.2) is 0 Å². The molecule has 0 spiro atoms. The van der Waals surface area contributed by atoms with E-state index < -0.39 is 0 Å². The molecule has 0 unspecified atom stereocenters. The number of nitrogen functional groups attached to an aromatic ring is 1. The van der Waals surface area contributed by atoms with Crippen LogP contribution in [0, 0.1) is 0 Å². The molecule has 0 aliphatic carbocycles. The monoisotopic (exact) mass is 292 g/mol. The van der Waals surface area contributed by atoms with E-state index in [4.69, 9.17) is 15.3 Å². The maximum absolute atomic E-state index is 11.5. The molecule has 6 heteroatoms. The Balaban J connectivity index is 2.03. The highest BCUT2D eigenvalue weighted by Gasteiger charge is 2.12. The summed E-state index contributed by atoms with van der Waals surface area (Å²) in [5.41, 5.74) is 3.98. The van der Waals surface area contributed by atoms with Gasteiger partial charge in [0.25, 0.3) is 5.91 Å². The predicted octanol–water partition coefficient (Wildman–Crippen LogP) is 2.08. The van der Waals surface area contributed by atoms with Crippen molar-refractivity contribution in [2.24, 2.45) is 5.84 Å². The number of nitrogens with one attached hydrogen (secondary N) is 1. The molecule has 0 fully saturated rings. The van der Waals surface area contributed by atoms with Crippen LogP contribution in [0.15, 0.2) is 35.7 Å². The fraction of sp³-hybridized carbons (Fsp3) is 0.214. The Morgan fingerprint density at radius 3 is 2.95 bits per heavy atom. The average molecular weight is 292 g/mol. The van der Waals surface area contributed by atoms with Crippen LogP contribution in [0.1, 0.15) is 20.8 Å². The lowest BCUT2D eigenvalue weighted by molar-refractivity contribution is 0.0955. The number of carbonyl (C=O) groups excluding carboxylic acids is 1. The minimum absolute atomic E-state index is 0.299. The van der Waals surface area contributed by atoms with Crippen molar-refractivity contribution in [1.82, 2.24) is 5.43 Å². The van der Waals surface area contributed by atoms with Crippen molar-refractivity contribution in [3.05, 3.63) is 51.7 Å². The van der Waals surface area contributed by atoms with Crippen LogP contribution in [0.4, 0.5) is 0 Å². The van der Waals surface area contributed by atoms with Crippen molar-refractivity contribution in [3.63, 3.8) is 0 Å². The number of hydrazine groups is 1. The van der Waals surface area contributed by atoms with Gasteiger partial charge in [0.05, 0.1) is 11.5 Å². The molecule has 20 heavy (non-hydrogen) atoms. The Morgan fingerprint density at radius 1 is 1.35 bits per heavy atom. The molecule has 0 atom stereocenters. The van der Waals surface area contributed by atoms with Crippen molar-refractivity contribution in [1.29, 1.82) is 0 Å². The summed E-state index contributed by atoms with van der Waals surface area (Å²) in [4.78, 5) is 12.1. The van der Waals surface area contributed by atoms with Crippen molar-refractivity contribution >= 4 is 17.2 Å². The number of thiophene rings is 1. The first-order valence-corrected chi connectivity index (χ1v) is 6.90. The first kappa shape index (κ1) is 14.5. The maximum atomic E-state index is 11.5. The molecule has 0 aliphatic heterocycles. The summed E-state index contributed by atoms with van der Waals surface area (Å²) in [6.07, 6.45) is 0. The van der Waals surface area contributed by atoms with Gasteiger partial charge >= 0.3 is 0 Å². The zero-order valence-electron chi connectivity index (χ0n) is 11.1. The molecule has 0 aliphatic rings. The lowest BCUT2D eigenvalue weighted by atomic mass is 10.2. The quantitative estimate of drug-likeness (QED) is 0.485. The number of carbonyl (C=O) groups is 1. The van der Waals surface area contributed by atoms with Gasteiger partial charge in [-0.2, -0.15) is 0 Å². The van der Waals surface area contributed by atoms with E-state index >= 15 is 0 Å². The molecular weight excluding hydrogens is 276 g/mol. The van der Waals surface area contributed by atoms with Gasteiger partial charge in [-0.25, -0.2) is 5.84 Å². The van der Waals surface area contributed by atoms with Crippen LogP contribution in [-0.4, -0.2) is 13.0 Å². The van der Waals surface area contributed by atoms with Crippen LogP contribution in [0.3, 0.4) is 0 Å². The van der Waals surface area contributed by atoms with Gasteiger partial charge in [-0.15, -0.1) is 11.3 Å². The van der Waals surface area contributed by atoms with Crippen molar-refractivity contribution in [2.45, 2.75) is 13.2 Å². The fourth-order valence-electron chi connectivity index (χ4n) is 1.77. The molecular formula is C14H16N2O3S. The van der Waals surface area contributed by atoms with E-state index in [-0.39, 0.29) is 5.91 Å². The molecule has 1 amide bonds. The van der Waals surface area contributed by atoms with Crippen LogP contribution < -0.4 is 16.0 Å². The zero-order chi connectivity index (χ0) is 14.4. The second kappa shape index (κ2) is 7.04. The summed E-state index contributed by atoms with van der Waals surface area (Å²) in [6.45, 7) is 0.860. The van der Waals surface area contributed by atoms with E-state index in [9.17, 15) is 4.79 Å². The van der Waals surface area contributed by atoms with Crippen LogP contribution in [0.25, 0.3) is 0 Å². The molecule has 0 radical (unpaired) electrons. The topological polar surface area (TPSA) is 73.6 Å². The lowest BCUT2D eigenvalue weighted by Crippen LogP contribution is -2.30. The van der Waals surface area contributed by atoms with E-state index in [1.54, 1.807) is 7.11 Å². The lowest BCUT2D eigenvalue weighted by Gasteiger charge is -2.08. The van der Waals surface area contributed by atoms with Gasteiger partial charge in [0, 0.05) is 12.7 Å². The molecule has 3 N–H and O–H groups in total. The molecule has 2 aromatic rings. The molecule has 5 nitrogen and oxygen atoms in total. The highest BCUT2D eigenvalue weighted by Crippen LogP contribution is 2.20. The molecule has 1 aromatic heterocycles. The standard InChI is InChI=1S/C14H16N2O3S/c1-18-8-10-3-2-4-12(7-10)19-9-11-5-6-20-13(11)14(17)16-15/h2-7H,8-9,15H2,1H3,(H,16,17). The average Bonchev–Trinajstić information content (AvgIpc) is 2.93. The largest absolute Gasteiger partial charge is 0.489 e. The fourth-order valence-corrected chi connectivity index (χ4v) is 2.58. The Hall–Kier alpha value is -1.89. The van der Waals surface area contributed by atoms with Gasteiger partial charge in [-0.1, -0.05) is 12.1 Å². The second-order valence-electron chi connectivity index (χ2n) is 4.12. The SMILES string of the molecule is COCc1cccc(OCc2ccsc2C(=O)NN)c1. The maximum Gasteiger partial charge on any atom is 0.275 e. The zero-order valence-corrected chi connectivity index (χ0v) is 11.9. The molecule has 2 rings (SSSR count). The number of methoxy groups -OCH3 is 1. The number of hydrogen-bond acceptors (Lipinski definition) is 5. The molecule has 1 aromatic carbocycles. The number of nitrogens with two attached hydrogens (primary N) is 1. The van der Waals surface area contributed by atoms with E-state index in [0.717, 1.165) is 16.9 Å². The van der Waals surface area contributed by atoms with Crippen LogP contribution in [-0.2, 0) is 18.0 Å².